The number of hydrogen-bond donors (Lipinski definition) is 2. The third-order valence-corrected chi connectivity index (χ3v) is 4.70. The van der Waals surface area contributed by atoms with Gasteiger partial charge in [0.1, 0.15) is 9.84 Å². The molecular weight excluding hydrogens is 206 g/mol. The van der Waals surface area contributed by atoms with Crippen LogP contribution in [0.4, 0.5) is 0 Å². The Morgan fingerprint density at radius 3 is 2.29 bits per heavy atom. The van der Waals surface area contributed by atoms with E-state index in [4.69, 9.17) is 5.21 Å². The summed E-state index contributed by atoms with van der Waals surface area (Å²) in [6.07, 6.45) is 1.16. The van der Waals surface area contributed by atoms with Crippen molar-refractivity contribution in [2.24, 2.45) is 5.41 Å². The van der Waals surface area contributed by atoms with Crippen LogP contribution in [0.2, 0.25) is 0 Å². The zero-order valence-electron chi connectivity index (χ0n) is 8.12. The van der Waals surface area contributed by atoms with Crippen LogP contribution in [-0.4, -0.2) is 31.0 Å². The van der Waals surface area contributed by atoms with Gasteiger partial charge >= 0.3 is 0 Å². The summed E-state index contributed by atoms with van der Waals surface area (Å²) in [4.78, 5) is 11.4. The van der Waals surface area contributed by atoms with Gasteiger partial charge in [-0.2, -0.15) is 0 Å². The summed E-state index contributed by atoms with van der Waals surface area (Å²) >= 11 is 0. The maximum atomic E-state index is 11.4. The predicted octanol–water partition coefficient (Wildman–Crippen LogP) is 0.0968. The summed E-state index contributed by atoms with van der Waals surface area (Å²) in [5.74, 6) is -0.391. The predicted molar refractivity (Wildman–Crippen MR) is 50.5 cm³/mol. The average molecular weight is 221 g/mol. The van der Waals surface area contributed by atoms with Crippen LogP contribution >= 0.6 is 0 Å². The van der Waals surface area contributed by atoms with E-state index in [1.54, 1.807) is 5.48 Å². The van der Waals surface area contributed by atoms with Crippen LogP contribution in [-0.2, 0) is 14.6 Å². The Labute approximate surface area is 83.4 Å². The van der Waals surface area contributed by atoms with Crippen LogP contribution < -0.4 is 5.48 Å². The molecule has 1 amide bonds. The van der Waals surface area contributed by atoms with E-state index in [-0.39, 0.29) is 11.5 Å². The summed E-state index contributed by atoms with van der Waals surface area (Å²) in [5, 5.41) is 8.56. The monoisotopic (exact) mass is 221 g/mol. The zero-order valence-corrected chi connectivity index (χ0v) is 8.93. The number of hydroxylamine groups is 1. The van der Waals surface area contributed by atoms with Crippen LogP contribution in [0.1, 0.15) is 26.2 Å². The van der Waals surface area contributed by atoms with E-state index < -0.39 is 21.2 Å². The van der Waals surface area contributed by atoms with E-state index in [1.807, 2.05) is 6.92 Å². The van der Waals surface area contributed by atoms with Crippen molar-refractivity contribution in [1.29, 1.82) is 0 Å². The van der Waals surface area contributed by atoms with Crippen molar-refractivity contribution in [2.75, 3.05) is 11.5 Å². The Morgan fingerprint density at radius 1 is 1.43 bits per heavy atom. The number of sulfone groups is 1. The number of hydrogen-bond acceptors (Lipinski definition) is 4. The SMILES string of the molecule is CCC1(C(=O)NO)CCS(=O)(=O)CC1. The maximum Gasteiger partial charge on any atom is 0.249 e. The van der Waals surface area contributed by atoms with Crippen LogP contribution in [0.25, 0.3) is 0 Å². The summed E-state index contributed by atoms with van der Waals surface area (Å²) < 4.78 is 22.3. The minimum absolute atomic E-state index is 0.0360. The van der Waals surface area contributed by atoms with Gasteiger partial charge in [0.15, 0.2) is 0 Å². The molecule has 6 heteroatoms. The van der Waals surface area contributed by atoms with Gasteiger partial charge < -0.3 is 0 Å². The Bertz CT molecular complexity index is 308. The van der Waals surface area contributed by atoms with Crippen molar-refractivity contribution in [3.8, 4) is 0 Å². The Kier molecular flexibility index (Phi) is 3.16. The molecule has 1 heterocycles. The normalized spacial score (nSPS) is 24.1. The van der Waals surface area contributed by atoms with Crippen molar-refractivity contribution >= 4 is 15.7 Å². The van der Waals surface area contributed by atoms with Gasteiger partial charge in [-0.3, -0.25) is 10.0 Å². The molecule has 82 valence electrons. The summed E-state index contributed by atoms with van der Waals surface area (Å²) in [6, 6.07) is 0. The van der Waals surface area contributed by atoms with Crippen LogP contribution in [0.3, 0.4) is 0 Å². The molecule has 1 aliphatic heterocycles. The molecule has 14 heavy (non-hydrogen) atoms. The van der Waals surface area contributed by atoms with Crippen LogP contribution in [0.15, 0.2) is 0 Å². The standard InChI is InChI=1S/C8H15NO4S/c1-2-8(7(10)9-11)3-5-14(12,13)6-4-8/h11H,2-6H2,1H3,(H,9,10). The molecule has 1 saturated heterocycles. The second-order valence-electron chi connectivity index (χ2n) is 3.73. The van der Waals surface area contributed by atoms with Crippen molar-refractivity contribution in [1.82, 2.24) is 5.48 Å². The number of carbonyl (C=O) groups is 1. The first-order valence-electron chi connectivity index (χ1n) is 4.61. The first-order chi connectivity index (χ1) is 6.46. The number of nitrogens with one attached hydrogen (secondary N) is 1. The zero-order chi connectivity index (χ0) is 10.8. The van der Waals surface area contributed by atoms with Gasteiger partial charge in [-0.05, 0) is 19.3 Å². The van der Waals surface area contributed by atoms with Crippen molar-refractivity contribution < 1.29 is 18.4 Å². The van der Waals surface area contributed by atoms with Crippen molar-refractivity contribution in [3.05, 3.63) is 0 Å². The van der Waals surface area contributed by atoms with Crippen LogP contribution in [0.5, 0.6) is 0 Å². The molecule has 2 N–H and O–H groups in total. The second kappa shape index (κ2) is 3.86. The lowest BCUT2D eigenvalue weighted by atomic mass is 9.79. The quantitative estimate of drug-likeness (QED) is 0.511. The Hall–Kier alpha value is -0.620. The lowest BCUT2D eigenvalue weighted by Crippen LogP contribution is -2.44. The highest BCUT2D eigenvalue weighted by atomic mass is 32.2. The van der Waals surface area contributed by atoms with Gasteiger partial charge in [0, 0.05) is 0 Å². The third kappa shape index (κ3) is 2.06. The lowest BCUT2D eigenvalue weighted by Gasteiger charge is -2.33. The number of rotatable bonds is 2. The van der Waals surface area contributed by atoms with Gasteiger partial charge in [0.2, 0.25) is 5.91 Å². The van der Waals surface area contributed by atoms with E-state index in [2.05, 4.69) is 0 Å². The van der Waals surface area contributed by atoms with Gasteiger partial charge in [-0.25, -0.2) is 13.9 Å². The molecule has 0 unspecified atom stereocenters. The minimum Gasteiger partial charge on any atom is -0.289 e. The van der Waals surface area contributed by atoms with E-state index in [9.17, 15) is 13.2 Å². The first-order valence-corrected chi connectivity index (χ1v) is 6.43. The molecule has 0 aromatic carbocycles. The second-order valence-corrected chi connectivity index (χ2v) is 6.03. The van der Waals surface area contributed by atoms with Crippen molar-refractivity contribution in [2.45, 2.75) is 26.2 Å². The number of amides is 1. The third-order valence-electron chi connectivity index (χ3n) is 3.04. The van der Waals surface area contributed by atoms with E-state index in [1.165, 1.54) is 0 Å². The smallest absolute Gasteiger partial charge is 0.249 e. The molecule has 0 aliphatic carbocycles. The molecule has 0 spiro atoms. The minimum atomic E-state index is -2.97. The van der Waals surface area contributed by atoms with Crippen LogP contribution in [0, 0.1) is 5.41 Å². The number of carbonyl (C=O) groups excluding carboxylic acids is 1. The molecule has 0 saturated carbocycles. The molecule has 1 fully saturated rings. The fourth-order valence-electron chi connectivity index (χ4n) is 1.79. The molecule has 0 atom stereocenters. The fourth-order valence-corrected chi connectivity index (χ4v) is 3.40. The molecule has 1 aliphatic rings. The van der Waals surface area contributed by atoms with Crippen molar-refractivity contribution in [3.63, 3.8) is 0 Å². The maximum absolute atomic E-state index is 11.4. The lowest BCUT2D eigenvalue weighted by molar-refractivity contribution is -0.140. The first kappa shape index (κ1) is 11.5. The molecule has 0 radical (unpaired) electrons. The molecule has 1 rings (SSSR count). The highest BCUT2D eigenvalue weighted by molar-refractivity contribution is 7.91. The van der Waals surface area contributed by atoms with E-state index in [0.29, 0.717) is 19.3 Å². The van der Waals surface area contributed by atoms with Gasteiger partial charge in [-0.1, -0.05) is 6.92 Å². The fraction of sp³-hybridized carbons (Fsp3) is 0.875. The highest BCUT2D eigenvalue weighted by Crippen LogP contribution is 2.35. The molecular formula is C8H15NO4S. The Balaban J connectivity index is 2.81. The molecule has 0 bridgehead atoms. The van der Waals surface area contributed by atoms with Gasteiger partial charge in [-0.15, -0.1) is 0 Å². The van der Waals surface area contributed by atoms with E-state index >= 15 is 0 Å². The largest absolute Gasteiger partial charge is 0.289 e. The Morgan fingerprint density at radius 2 is 1.93 bits per heavy atom. The molecule has 0 aromatic heterocycles. The topological polar surface area (TPSA) is 83.5 Å². The van der Waals surface area contributed by atoms with Gasteiger partial charge in [0.05, 0.1) is 16.9 Å². The summed E-state index contributed by atoms with van der Waals surface area (Å²) in [6.45, 7) is 1.83. The van der Waals surface area contributed by atoms with E-state index in [0.717, 1.165) is 0 Å². The summed E-state index contributed by atoms with van der Waals surface area (Å²) in [7, 11) is -2.97. The van der Waals surface area contributed by atoms with Gasteiger partial charge in [0.25, 0.3) is 0 Å². The summed E-state index contributed by atoms with van der Waals surface area (Å²) in [5.41, 5.74) is 0.926. The molecule has 0 aromatic rings. The highest BCUT2D eigenvalue weighted by Gasteiger charge is 2.41. The average Bonchev–Trinajstić information content (AvgIpc) is 2.18. The molecule has 5 nitrogen and oxygen atoms in total.